The molecular formula is C18H25NO4. The van der Waals surface area contributed by atoms with E-state index in [2.05, 4.69) is 0 Å². The number of amides is 1. The topological polar surface area (TPSA) is 55.8 Å². The highest BCUT2D eigenvalue weighted by atomic mass is 16.6. The minimum absolute atomic E-state index is 0.113. The molecule has 23 heavy (non-hydrogen) atoms. The van der Waals surface area contributed by atoms with Crippen LogP contribution in [-0.2, 0) is 14.3 Å². The fourth-order valence-electron chi connectivity index (χ4n) is 2.83. The van der Waals surface area contributed by atoms with Crippen LogP contribution in [0.2, 0.25) is 0 Å². The standard InChI is InChI=1S/C18H25NO4/c1-12(20)15-14(13-10-8-7-9-11-13)19(18(5,6)22-15)16(21)23-17(2,3)4/h7-11,14-15H,1-6H3/t14-,15+/m0/s1. The van der Waals surface area contributed by atoms with E-state index >= 15 is 0 Å². The molecule has 1 heterocycles. The first-order chi connectivity index (χ1) is 10.5. The van der Waals surface area contributed by atoms with Crippen LogP contribution in [0.1, 0.15) is 53.1 Å². The molecule has 0 bridgehead atoms. The molecule has 0 spiro atoms. The second-order valence-corrected chi connectivity index (χ2v) is 7.30. The van der Waals surface area contributed by atoms with Gasteiger partial charge >= 0.3 is 6.09 Å². The summed E-state index contributed by atoms with van der Waals surface area (Å²) in [5.74, 6) is -0.113. The number of hydrogen-bond donors (Lipinski definition) is 0. The van der Waals surface area contributed by atoms with Crippen molar-refractivity contribution in [2.24, 2.45) is 0 Å². The number of ether oxygens (including phenoxy) is 2. The Morgan fingerprint density at radius 1 is 1.17 bits per heavy atom. The van der Waals surface area contributed by atoms with Crippen LogP contribution in [0.3, 0.4) is 0 Å². The first-order valence-corrected chi connectivity index (χ1v) is 7.78. The molecule has 1 aromatic rings. The number of rotatable bonds is 2. The largest absolute Gasteiger partial charge is 0.444 e. The van der Waals surface area contributed by atoms with Crippen molar-refractivity contribution in [1.29, 1.82) is 0 Å². The van der Waals surface area contributed by atoms with Crippen molar-refractivity contribution in [2.45, 2.75) is 65.0 Å². The molecule has 5 nitrogen and oxygen atoms in total. The van der Waals surface area contributed by atoms with Crippen molar-refractivity contribution in [3.05, 3.63) is 35.9 Å². The van der Waals surface area contributed by atoms with Crippen LogP contribution in [0.25, 0.3) is 0 Å². The Kier molecular flexibility index (Phi) is 4.53. The first kappa shape index (κ1) is 17.5. The molecule has 1 saturated heterocycles. The maximum absolute atomic E-state index is 12.7. The number of Topliss-reactive ketones (excluding diaryl/α,β-unsaturated/α-hetero) is 1. The SMILES string of the molecule is CC(=O)[C@H]1OC(C)(C)N(C(=O)OC(C)(C)C)[C@H]1c1ccccc1. The second-order valence-electron chi connectivity index (χ2n) is 7.30. The number of ketones is 1. The third-order valence-electron chi connectivity index (χ3n) is 3.69. The first-order valence-electron chi connectivity index (χ1n) is 7.78. The third kappa shape index (κ3) is 3.72. The zero-order chi connectivity index (χ0) is 17.4. The van der Waals surface area contributed by atoms with Gasteiger partial charge in [0.05, 0.1) is 6.04 Å². The monoisotopic (exact) mass is 319 g/mol. The maximum Gasteiger partial charge on any atom is 0.413 e. The molecule has 0 N–H and O–H groups in total. The summed E-state index contributed by atoms with van der Waals surface area (Å²) in [5.41, 5.74) is -0.703. The second kappa shape index (κ2) is 5.96. The Morgan fingerprint density at radius 3 is 2.22 bits per heavy atom. The Hall–Kier alpha value is -1.88. The van der Waals surface area contributed by atoms with E-state index in [4.69, 9.17) is 9.47 Å². The lowest BCUT2D eigenvalue weighted by atomic mass is 9.98. The zero-order valence-electron chi connectivity index (χ0n) is 14.6. The van der Waals surface area contributed by atoms with Gasteiger partial charge in [-0.25, -0.2) is 4.79 Å². The van der Waals surface area contributed by atoms with Crippen molar-refractivity contribution >= 4 is 11.9 Å². The van der Waals surface area contributed by atoms with Crippen LogP contribution in [0.5, 0.6) is 0 Å². The minimum atomic E-state index is -0.931. The van der Waals surface area contributed by atoms with Crippen molar-refractivity contribution in [2.75, 3.05) is 0 Å². The zero-order valence-corrected chi connectivity index (χ0v) is 14.6. The van der Waals surface area contributed by atoms with Gasteiger partial charge in [-0.05, 0) is 47.1 Å². The molecule has 0 aliphatic carbocycles. The number of hydrogen-bond acceptors (Lipinski definition) is 4. The summed E-state index contributed by atoms with van der Waals surface area (Å²) in [6.07, 6.45) is -1.19. The van der Waals surface area contributed by atoms with Gasteiger partial charge in [0.15, 0.2) is 5.78 Å². The molecule has 2 rings (SSSR count). The molecule has 1 aliphatic rings. The number of benzene rings is 1. The van der Waals surface area contributed by atoms with Gasteiger partial charge in [0, 0.05) is 0 Å². The van der Waals surface area contributed by atoms with Gasteiger partial charge in [-0.1, -0.05) is 30.3 Å². The van der Waals surface area contributed by atoms with Gasteiger partial charge in [-0.15, -0.1) is 0 Å². The molecule has 0 radical (unpaired) electrons. The van der Waals surface area contributed by atoms with Crippen LogP contribution in [0.15, 0.2) is 30.3 Å². The third-order valence-corrected chi connectivity index (χ3v) is 3.69. The van der Waals surface area contributed by atoms with E-state index < -0.39 is 29.6 Å². The molecule has 2 atom stereocenters. The fraction of sp³-hybridized carbons (Fsp3) is 0.556. The summed E-state index contributed by atoms with van der Waals surface area (Å²) in [4.78, 5) is 26.3. The normalized spacial score (nSPS) is 23.7. The van der Waals surface area contributed by atoms with E-state index in [0.29, 0.717) is 0 Å². The molecule has 1 fully saturated rings. The van der Waals surface area contributed by atoms with Crippen LogP contribution in [-0.4, -0.2) is 34.2 Å². The lowest BCUT2D eigenvalue weighted by Crippen LogP contribution is -2.47. The van der Waals surface area contributed by atoms with Gasteiger partial charge in [0.25, 0.3) is 0 Å². The fourth-order valence-corrected chi connectivity index (χ4v) is 2.83. The minimum Gasteiger partial charge on any atom is -0.444 e. The lowest BCUT2D eigenvalue weighted by Gasteiger charge is -2.35. The summed E-state index contributed by atoms with van der Waals surface area (Å²) in [5, 5.41) is 0. The van der Waals surface area contributed by atoms with Crippen LogP contribution >= 0.6 is 0 Å². The average molecular weight is 319 g/mol. The summed E-state index contributed by atoms with van der Waals surface area (Å²) in [7, 11) is 0. The van der Waals surface area contributed by atoms with Crippen molar-refractivity contribution < 1.29 is 19.1 Å². The molecule has 0 unspecified atom stereocenters. The van der Waals surface area contributed by atoms with Crippen molar-refractivity contribution in [3.8, 4) is 0 Å². The quantitative estimate of drug-likeness (QED) is 0.834. The van der Waals surface area contributed by atoms with Crippen molar-refractivity contribution in [1.82, 2.24) is 4.90 Å². The summed E-state index contributed by atoms with van der Waals surface area (Å²) >= 11 is 0. The number of carbonyl (C=O) groups excluding carboxylic acids is 2. The molecule has 0 aromatic heterocycles. The highest BCUT2D eigenvalue weighted by Crippen LogP contribution is 2.42. The Balaban J connectivity index is 2.46. The lowest BCUT2D eigenvalue weighted by molar-refractivity contribution is -0.134. The smallest absolute Gasteiger partial charge is 0.413 e. The predicted molar refractivity (Wildman–Crippen MR) is 86.9 cm³/mol. The van der Waals surface area contributed by atoms with Gasteiger partial charge in [0.1, 0.15) is 17.4 Å². The molecule has 126 valence electrons. The van der Waals surface area contributed by atoms with E-state index in [1.54, 1.807) is 13.8 Å². The summed E-state index contributed by atoms with van der Waals surface area (Å²) in [6, 6.07) is 8.94. The molecular weight excluding hydrogens is 294 g/mol. The van der Waals surface area contributed by atoms with E-state index in [-0.39, 0.29) is 5.78 Å². The molecule has 5 heteroatoms. The van der Waals surface area contributed by atoms with E-state index in [1.807, 2.05) is 51.1 Å². The van der Waals surface area contributed by atoms with Crippen LogP contribution in [0, 0.1) is 0 Å². The Morgan fingerprint density at radius 2 is 1.74 bits per heavy atom. The molecule has 1 aromatic carbocycles. The van der Waals surface area contributed by atoms with E-state index in [9.17, 15) is 9.59 Å². The molecule has 1 amide bonds. The molecule has 1 aliphatic heterocycles. The summed E-state index contributed by atoms with van der Waals surface area (Å²) < 4.78 is 11.4. The highest BCUT2D eigenvalue weighted by molar-refractivity contribution is 5.83. The highest BCUT2D eigenvalue weighted by Gasteiger charge is 2.53. The van der Waals surface area contributed by atoms with E-state index in [1.165, 1.54) is 11.8 Å². The maximum atomic E-state index is 12.7. The predicted octanol–water partition coefficient (Wildman–Crippen LogP) is 3.69. The Bertz CT molecular complexity index is 589. The summed E-state index contributed by atoms with van der Waals surface area (Å²) in [6.45, 7) is 10.5. The average Bonchev–Trinajstić information content (AvgIpc) is 2.69. The molecule has 0 saturated carbocycles. The van der Waals surface area contributed by atoms with Gasteiger partial charge in [-0.3, -0.25) is 9.69 Å². The van der Waals surface area contributed by atoms with Crippen molar-refractivity contribution in [3.63, 3.8) is 0 Å². The van der Waals surface area contributed by atoms with Gasteiger partial charge in [0.2, 0.25) is 0 Å². The number of carbonyl (C=O) groups is 2. The van der Waals surface area contributed by atoms with Gasteiger partial charge in [-0.2, -0.15) is 0 Å². The Labute approximate surface area is 137 Å². The van der Waals surface area contributed by atoms with E-state index in [0.717, 1.165) is 5.56 Å². The number of nitrogens with zero attached hydrogens (tertiary/aromatic N) is 1. The van der Waals surface area contributed by atoms with Crippen LogP contribution in [0.4, 0.5) is 4.79 Å². The van der Waals surface area contributed by atoms with Crippen LogP contribution < -0.4 is 0 Å². The van der Waals surface area contributed by atoms with Gasteiger partial charge < -0.3 is 9.47 Å².